The second-order valence-corrected chi connectivity index (χ2v) is 5.48. The summed E-state index contributed by atoms with van der Waals surface area (Å²) in [6.45, 7) is 2.81. The van der Waals surface area contributed by atoms with E-state index in [9.17, 15) is 0 Å². The van der Waals surface area contributed by atoms with Crippen LogP contribution in [0.5, 0.6) is 0 Å². The predicted octanol–water partition coefficient (Wildman–Crippen LogP) is 0.473. The molecule has 0 bridgehead atoms. The van der Waals surface area contributed by atoms with Crippen molar-refractivity contribution in [2.45, 2.75) is 10.4 Å². The zero-order valence-corrected chi connectivity index (χ0v) is 7.10. The maximum absolute atomic E-state index is 2.43. The molecule has 0 unspecified atom stereocenters. The van der Waals surface area contributed by atoms with Gasteiger partial charge in [0.05, 0.1) is 0 Å². The summed E-state index contributed by atoms with van der Waals surface area (Å²) >= 11 is 0.817. The van der Waals surface area contributed by atoms with Crippen LogP contribution in [0.15, 0.2) is 0 Å². The molecule has 0 atom stereocenters. The third-order valence-electron chi connectivity index (χ3n) is 2.11. The van der Waals surface area contributed by atoms with E-state index in [1.165, 1.54) is 13.1 Å². The van der Waals surface area contributed by atoms with E-state index in [4.69, 9.17) is 0 Å². The molecule has 0 N–H and O–H groups in total. The van der Waals surface area contributed by atoms with Crippen molar-refractivity contribution in [1.82, 2.24) is 4.90 Å². The van der Waals surface area contributed by atoms with Gasteiger partial charge < -0.3 is 0 Å². The Morgan fingerprint density at radius 3 is 2.12 bits per heavy atom. The van der Waals surface area contributed by atoms with Gasteiger partial charge in [0.1, 0.15) is 0 Å². The van der Waals surface area contributed by atoms with Crippen molar-refractivity contribution < 1.29 is 0 Å². The second-order valence-electron chi connectivity index (χ2n) is 3.21. The van der Waals surface area contributed by atoms with E-state index < -0.39 is 0 Å². The van der Waals surface area contributed by atoms with Gasteiger partial charge in [-0.05, 0) is 0 Å². The molecule has 45 valence electrons. The molecule has 1 spiro atoms. The summed E-state index contributed by atoms with van der Waals surface area (Å²) in [5, 5.41) is 3.21. The van der Waals surface area contributed by atoms with E-state index in [2.05, 4.69) is 11.9 Å². The van der Waals surface area contributed by atoms with Crippen molar-refractivity contribution in [3.63, 3.8) is 0 Å². The van der Waals surface area contributed by atoms with Gasteiger partial charge >= 0.3 is 56.6 Å². The average molecular weight is 172 g/mol. The summed E-state index contributed by atoms with van der Waals surface area (Å²) in [4.78, 5) is 2.43. The third kappa shape index (κ3) is 0.579. The molecule has 2 aliphatic rings. The molecule has 2 heteroatoms. The molecule has 8 heavy (non-hydrogen) atoms. The molecule has 2 rings (SSSR count). The Kier molecular flexibility index (Phi) is 1.01. The first kappa shape index (κ1) is 5.31. The SMILES string of the molecule is CN1CC2(C[As]C2)C1. The van der Waals surface area contributed by atoms with Crippen LogP contribution in [0.1, 0.15) is 0 Å². The molecule has 0 aromatic carbocycles. The van der Waals surface area contributed by atoms with Gasteiger partial charge in [-0.1, -0.05) is 0 Å². The van der Waals surface area contributed by atoms with Crippen LogP contribution in [0.25, 0.3) is 0 Å². The minimum atomic E-state index is 0.817. The summed E-state index contributed by atoms with van der Waals surface area (Å²) in [6, 6.07) is 0. The van der Waals surface area contributed by atoms with Crippen molar-refractivity contribution in [3.05, 3.63) is 0 Å². The summed E-state index contributed by atoms with van der Waals surface area (Å²) in [5.74, 6) is 0. The molecule has 2 heterocycles. The normalized spacial score (nSPS) is 34.1. The molecule has 2 saturated heterocycles. The molecule has 0 saturated carbocycles. The average Bonchev–Trinajstić information content (AvgIpc) is 1.51. The van der Waals surface area contributed by atoms with Crippen molar-refractivity contribution >= 4 is 15.8 Å². The van der Waals surface area contributed by atoms with Gasteiger partial charge in [0.25, 0.3) is 0 Å². The molecular weight excluding hydrogens is 161 g/mol. The molecular formula is C6H11AsN. The molecule has 2 aliphatic heterocycles. The first-order chi connectivity index (χ1) is 3.81. The number of likely N-dealkylation sites (tertiary alicyclic amines) is 1. The van der Waals surface area contributed by atoms with Gasteiger partial charge in [-0.2, -0.15) is 0 Å². The topological polar surface area (TPSA) is 3.24 Å². The summed E-state index contributed by atoms with van der Waals surface area (Å²) < 4.78 is 0. The van der Waals surface area contributed by atoms with Gasteiger partial charge in [-0.25, -0.2) is 0 Å². The molecule has 0 aromatic rings. The van der Waals surface area contributed by atoms with Gasteiger partial charge in [-0.15, -0.1) is 0 Å². The van der Waals surface area contributed by atoms with E-state index in [1.807, 2.05) is 0 Å². The molecule has 2 fully saturated rings. The fourth-order valence-electron chi connectivity index (χ4n) is 1.73. The van der Waals surface area contributed by atoms with Crippen LogP contribution in [-0.2, 0) is 0 Å². The van der Waals surface area contributed by atoms with E-state index in [-0.39, 0.29) is 0 Å². The number of nitrogens with zero attached hydrogens (tertiary/aromatic N) is 1. The molecule has 0 aromatic heterocycles. The number of hydrogen-bond donors (Lipinski definition) is 0. The molecule has 1 nitrogen and oxygen atoms in total. The Labute approximate surface area is 57.1 Å². The van der Waals surface area contributed by atoms with E-state index in [1.54, 1.807) is 10.4 Å². The summed E-state index contributed by atoms with van der Waals surface area (Å²) in [7, 11) is 2.22. The standard InChI is InChI=1S/C6H11AsN/c1-8-4-6(5-8)2-7-3-6/h2-5H2,1H3. The first-order valence-corrected chi connectivity index (χ1v) is 5.78. The van der Waals surface area contributed by atoms with Crippen LogP contribution in [0.3, 0.4) is 0 Å². The fraction of sp³-hybridized carbons (Fsp3) is 1.00. The quantitative estimate of drug-likeness (QED) is 0.480. The van der Waals surface area contributed by atoms with Crippen LogP contribution in [-0.4, -0.2) is 40.8 Å². The molecule has 0 aliphatic carbocycles. The monoisotopic (exact) mass is 172 g/mol. The van der Waals surface area contributed by atoms with Crippen LogP contribution in [0, 0.1) is 5.41 Å². The van der Waals surface area contributed by atoms with E-state index >= 15 is 0 Å². The summed E-state index contributed by atoms with van der Waals surface area (Å²) in [6.07, 6.45) is 0. The van der Waals surface area contributed by atoms with Crippen LogP contribution in [0.2, 0.25) is 10.4 Å². The Balaban J connectivity index is 1.92. The Bertz CT molecular complexity index is 101. The number of rotatable bonds is 0. The third-order valence-corrected chi connectivity index (χ3v) is 5.86. The van der Waals surface area contributed by atoms with Crippen LogP contribution in [0.4, 0.5) is 0 Å². The zero-order valence-electron chi connectivity index (χ0n) is 5.22. The van der Waals surface area contributed by atoms with Crippen molar-refractivity contribution in [2.75, 3.05) is 20.1 Å². The summed E-state index contributed by atoms with van der Waals surface area (Å²) in [5.41, 5.74) is 0.884. The first-order valence-electron chi connectivity index (χ1n) is 3.13. The van der Waals surface area contributed by atoms with Crippen LogP contribution >= 0.6 is 0 Å². The maximum atomic E-state index is 2.43. The van der Waals surface area contributed by atoms with Crippen molar-refractivity contribution in [2.24, 2.45) is 5.41 Å². The predicted molar refractivity (Wildman–Crippen MR) is 35.3 cm³/mol. The Morgan fingerprint density at radius 1 is 1.38 bits per heavy atom. The zero-order chi connectivity index (χ0) is 5.61. The van der Waals surface area contributed by atoms with Crippen molar-refractivity contribution in [3.8, 4) is 0 Å². The number of hydrogen-bond acceptors (Lipinski definition) is 1. The van der Waals surface area contributed by atoms with Gasteiger partial charge in [0, 0.05) is 0 Å². The Morgan fingerprint density at radius 2 is 2.00 bits per heavy atom. The Hall–Kier alpha value is 0.518. The van der Waals surface area contributed by atoms with Gasteiger partial charge in [0.15, 0.2) is 0 Å². The van der Waals surface area contributed by atoms with Gasteiger partial charge in [0.2, 0.25) is 0 Å². The van der Waals surface area contributed by atoms with E-state index in [0.29, 0.717) is 0 Å². The van der Waals surface area contributed by atoms with Crippen molar-refractivity contribution in [1.29, 1.82) is 0 Å². The fourth-order valence-corrected chi connectivity index (χ4v) is 4.36. The minimum absolute atomic E-state index is 0.817. The molecule has 1 radical (unpaired) electrons. The molecule has 0 amide bonds. The van der Waals surface area contributed by atoms with E-state index in [0.717, 1.165) is 21.2 Å². The second kappa shape index (κ2) is 1.52. The van der Waals surface area contributed by atoms with Crippen LogP contribution < -0.4 is 0 Å². The van der Waals surface area contributed by atoms with Gasteiger partial charge in [-0.3, -0.25) is 0 Å².